The highest BCUT2D eigenvalue weighted by atomic mass is 35.5. The van der Waals surface area contributed by atoms with Crippen molar-refractivity contribution in [3.05, 3.63) is 53.3 Å². The summed E-state index contributed by atoms with van der Waals surface area (Å²) < 4.78 is 27.1. The fraction of sp³-hybridized carbons (Fsp3) is 0.267. The molecule has 1 aromatic carbocycles. The van der Waals surface area contributed by atoms with Crippen molar-refractivity contribution in [2.24, 2.45) is 0 Å². The number of sulfonamides is 1. The molecule has 2 rings (SSSR count). The molecule has 0 aliphatic carbocycles. The minimum absolute atomic E-state index is 0.123. The van der Waals surface area contributed by atoms with Crippen LogP contribution >= 0.6 is 11.6 Å². The molecule has 0 saturated carbocycles. The summed E-state index contributed by atoms with van der Waals surface area (Å²) in [6.07, 6.45) is 2.51. The van der Waals surface area contributed by atoms with Gasteiger partial charge < -0.3 is 0 Å². The maximum Gasteiger partial charge on any atom is 0.261 e. The highest BCUT2D eigenvalue weighted by Gasteiger charge is 2.16. The Balaban J connectivity index is 2.26. The van der Waals surface area contributed by atoms with Crippen LogP contribution in [0.2, 0.25) is 5.15 Å². The standard InChI is InChI=1S/C15H17ClN2O2S/c1-3-11(2)12-6-8-13(9-7-12)21(19,20)18-14-5-4-10-17-15(14)16/h4-11,18H,3H2,1-2H3. The number of halogens is 1. The van der Waals surface area contributed by atoms with Gasteiger partial charge in [0.25, 0.3) is 10.0 Å². The Hall–Kier alpha value is -1.59. The van der Waals surface area contributed by atoms with Gasteiger partial charge in [-0.05, 0) is 42.2 Å². The van der Waals surface area contributed by atoms with Gasteiger partial charge in [0.15, 0.2) is 5.15 Å². The second-order valence-corrected chi connectivity index (χ2v) is 6.87. The Morgan fingerprint density at radius 2 is 1.90 bits per heavy atom. The van der Waals surface area contributed by atoms with Crippen molar-refractivity contribution in [1.82, 2.24) is 4.98 Å². The molecule has 0 aliphatic rings. The molecule has 0 bridgehead atoms. The minimum atomic E-state index is -3.66. The van der Waals surface area contributed by atoms with Crippen LogP contribution in [-0.4, -0.2) is 13.4 Å². The zero-order valence-electron chi connectivity index (χ0n) is 11.9. The first-order valence-corrected chi connectivity index (χ1v) is 8.53. The van der Waals surface area contributed by atoms with E-state index in [0.29, 0.717) is 5.92 Å². The smallest absolute Gasteiger partial charge is 0.261 e. The van der Waals surface area contributed by atoms with E-state index in [4.69, 9.17) is 11.6 Å². The van der Waals surface area contributed by atoms with E-state index in [9.17, 15) is 8.42 Å². The van der Waals surface area contributed by atoms with E-state index < -0.39 is 10.0 Å². The fourth-order valence-electron chi connectivity index (χ4n) is 1.88. The van der Waals surface area contributed by atoms with E-state index in [1.165, 1.54) is 6.20 Å². The number of nitrogens with zero attached hydrogens (tertiary/aromatic N) is 1. The van der Waals surface area contributed by atoms with Gasteiger partial charge >= 0.3 is 0 Å². The van der Waals surface area contributed by atoms with E-state index in [-0.39, 0.29) is 15.7 Å². The van der Waals surface area contributed by atoms with Crippen molar-refractivity contribution in [1.29, 1.82) is 0 Å². The first-order valence-electron chi connectivity index (χ1n) is 6.67. The normalized spacial score (nSPS) is 12.9. The average molecular weight is 325 g/mol. The van der Waals surface area contributed by atoms with Crippen LogP contribution in [-0.2, 0) is 10.0 Å². The van der Waals surface area contributed by atoms with Gasteiger partial charge in [-0.15, -0.1) is 0 Å². The number of rotatable bonds is 5. The number of benzene rings is 1. The summed E-state index contributed by atoms with van der Waals surface area (Å²) in [7, 11) is -3.66. The zero-order valence-corrected chi connectivity index (χ0v) is 13.4. The summed E-state index contributed by atoms with van der Waals surface area (Å²) in [5.41, 5.74) is 1.39. The van der Waals surface area contributed by atoms with E-state index in [0.717, 1.165) is 12.0 Å². The lowest BCUT2D eigenvalue weighted by atomic mass is 9.99. The molecule has 0 spiro atoms. The predicted molar refractivity (Wildman–Crippen MR) is 85.2 cm³/mol. The van der Waals surface area contributed by atoms with Crippen LogP contribution in [0.3, 0.4) is 0 Å². The lowest BCUT2D eigenvalue weighted by molar-refractivity contribution is 0.601. The third-order valence-corrected chi connectivity index (χ3v) is 5.06. The van der Waals surface area contributed by atoms with Gasteiger partial charge in [-0.1, -0.05) is 37.6 Å². The number of nitrogens with one attached hydrogen (secondary N) is 1. The second kappa shape index (κ2) is 6.45. The molecular formula is C15H17ClN2O2S. The van der Waals surface area contributed by atoms with E-state index in [2.05, 4.69) is 23.6 Å². The van der Waals surface area contributed by atoms with Crippen LogP contribution < -0.4 is 4.72 Å². The largest absolute Gasteiger partial charge is 0.276 e. The van der Waals surface area contributed by atoms with Crippen molar-refractivity contribution in [2.45, 2.75) is 31.1 Å². The first kappa shape index (κ1) is 15.8. The number of anilines is 1. The van der Waals surface area contributed by atoms with Crippen LogP contribution in [0, 0.1) is 0 Å². The third-order valence-electron chi connectivity index (χ3n) is 3.38. The molecule has 1 aromatic heterocycles. The Morgan fingerprint density at radius 1 is 1.24 bits per heavy atom. The second-order valence-electron chi connectivity index (χ2n) is 4.83. The Labute approximate surface area is 130 Å². The average Bonchev–Trinajstić information content (AvgIpc) is 2.49. The molecule has 1 atom stereocenters. The SMILES string of the molecule is CCC(C)c1ccc(S(=O)(=O)Nc2cccnc2Cl)cc1. The molecular weight excluding hydrogens is 308 g/mol. The zero-order chi connectivity index (χ0) is 15.5. The van der Waals surface area contributed by atoms with Gasteiger partial charge in [0.1, 0.15) is 0 Å². The Kier molecular flexibility index (Phi) is 4.85. The van der Waals surface area contributed by atoms with Crippen LogP contribution in [0.5, 0.6) is 0 Å². The van der Waals surface area contributed by atoms with E-state index >= 15 is 0 Å². The first-order chi connectivity index (χ1) is 9.94. The minimum Gasteiger partial charge on any atom is -0.276 e. The highest BCUT2D eigenvalue weighted by molar-refractivity contribution is 7.92. The molecule has 1 unspecified atom stereocenters. The van der Waals surface area contributed by atoms with Gasteiger partial charge in [-0.3, -0.25) is 4.72 Å². The Morgan fingerprint density at radius 3 is 2.48 bits per heavy atom. The third kappa shape index (κ3) is 3.74. The van der Waals surface area contributed by atoms with Crippen molar-refractivity contribution < 1.29 is 8.42 Å². The van der Waals surface area contributed by atoms with Crippen LogP contribution in [0.15, 0.2) is 47.5 Å². The Bertz CT molecular complexity index is 715. The summed E-state index contributed by atoms with van der Waals surface area (Å²) in [4.78, 5) is 4.05. The van der Waals surface area contributed by atoms with Crippen molar-refractivity contribution in [3.8, 4) is 0 Å². The van der Waals surface area contributed by atoms with E-state index in [1.54, 1.807) is 24.3 Å². The van der Waals surface area contributed by atoms with Gasteiger partial charge in [-0.25, -0.2) is 13.4 Å². The number of pyridine rings is 1. The lowest BCUT2D eigenvalue weighted by Gasteiger charge is -2.11. The molecule has 1 heterocycles. The number of aromatic nitrogens is 1. The summed E-state index contributed by atoms with van der Waals surface area (Å²) in [6, 6.07) is 10.1. The monoisotopic (exact) mass is 324 g/mol. The summed E-state index contributed by atoms with van der Waals surface area (Å²) in [5.74, 6) is 0.405. The van der Waals surface area contributed by atoms with Gasteiger partial charge in [0.2, 0.25) is 0 Å². The van der Waals surface area contributed by atoms with Gasteiger partial charge in [-0.2, -0.15) is 0 Å². The maximum atomic E-state index is 12.3. The van der Waals surface area contributed by atoms with Crippen molar-refractivity contribution >= 4 is 27.3 Å². The van der Waals surface area contributed by atoms with Crippen LogP contribution in [0.25, 0.3) is 0 Å². The quantitative estimate of drug-likeness (QED) is 0.844. The summed E-state index contributed by atoms with van der Waals surface area (Å²) in [5, 5.41) is 0.123. The molecule has 0 saturated heterocycles. The number of hydrogen-bond acceptors (Lipinski definition) is 3. The maximum absolute atomic E-state index is 12.3. The van der Waals surface area contributed by atoms with Gasteiger partial charge in [0.05, 0.1) is 10.6 Å². The summed E-state index contributed by atoms with van der Waals surface area (Å²) >= 11 is 5.87. The van der Waals surface area contributed by atoms with Gasteiger partial charge in [0, 0.05) is 6.20 Å². The molecule has 4 nitrogen and oxygen atoms in total. The molecule has 1 N–H and O–H groups in total. The topological polar surface area (TPSA) is 59.1 Å². The highest BCUT2D eigenvalue weighted by Crippen LogP contribution is 2.24. The van der Waals surface area contributed by atoms with Crippen molar-refractivity contribution in [3.63, 3.8) is 0 Å². The predicted octanol–water partition coefficient (Wildman–Crippen LogP) is 4.05. The molecule has 0 radical (unpaired) electrons. The molecule has 0 aliphatic heterocycles. The van der Waals surface area contributed by atoms with Crippen LogP contribution in [0.4, 0.5) is 5.69 Å². The molecule has 0 amide bonds. The number of hydrogen-bond donors (Lipinski definition) is 1. The fourth-order valence-corrected chi connectivity index (χ4v) is 3.17. The molecule has 0 fully saturated rings. The molecule has 21 heavy (non-hydrogen) atoms. The van der Waals surface area contributed by atoms with E-state index in [1.807, 2.05) is 12.1 Å². The summed E-state index contributed by atoms with van der Waals surface area (Å²) in [6.45, 7) is 4.21. The van der Waals surface area contributed by atoms with Crippen molar-refractivity contribution in [2.75, 3.05) is 4.72 Å². The molecule has 6 heteroatoms. The van der Waals surface area contributed by atoms with Crippen LogP contribution in [0.1, 0.15) is 31.7 Å². The molecule has 112 valence electrons. The lowest BCUT2D eigenvalue weighted by Crippen LogP contribution is -2.13. The molecule has 2 aromatic rings.